The van der Waals surface area contributed by atoms with Crippen molar-refractivity contribution in [2.45, 2.75) is 19.8 Å². The molecule has 1 aromatic carbocycles. The molecule has 0 aliphatic carbocycles. The number of nitrogens with one attached hydrogen (secondary N) is 1. The Morgan fingerprint density at radius 3 is 2.94 bits per heavy atom. The zero-order valence-electron chi connectivity index (χ0n) is 9.22. The van der Waals surface area contributed by atoms with Crippen LogP contribution in [0.4, 0.5) is 4.39 Å². The first-order valence-electron chi connectivity index (χ1n) is 5.29. The topological polar surface area (TPSA) is 29.1 Å². The summed E-state index contributed by atoms with van der Waals surface area (Å²) in [6, 6.07) is 4.65. The van der Waals surface area contributed by atoms with Crippen molar-refractivity contribution in [3.63, 3.8) is 0 Å². The van der Waals surface area contributed by atoms with Gasteiger partial charge in [-0.1, -0.05) is 22.9 Å². The van der Waals surface area contributed by atoms with E-state index in [1.165, 1.54) is 6.07 Å². The number of hydrogen-bond acceptors (Lipinski definition) is 2. The molecule has 0 bridgehead atoms. The van der Waals surface area contributed by atoms with Crippen molar-refractivity contribution in [3.05, 3.63) is 34.1 Å². The van der Waals surface area contributed by atoms with E-state index in [0.717, 1.165) is 11.0 Å². The van der Waals surface area contributed by atoms with E-state index in [-0.39, 0.29) is 18.0 Å². The molecule has 0 amide bonds. The van der Waals surface area contributed by atoms with E-state index in [1.54, 1.807) is 12.1 Å². The van der Waals surface area contributed by atoms with Crippen LogP contribution in [-0.4, -0.2) is 18.9 Å². The summed E-state index contributed by atoms with van der Waals surface area (Å²) in [7, 11) is 0. The Bertz CT molecular complexity index is 368. The highest BCUT2D eigenvalue weighted by atomic mass is 79.9. The molecule has 0 atom stereocenters. The maximum absolute atomic E-state index is 13.3. The molecule has 1 rings (SSSR count). The van der Waals surface area contributed by atoms with E-state index in [0.29, 0.717) is 18.5 Å². The lowest BCUT2D eigenvalue weighted by molar-refractivity contribution is -0.118. The van der Waals surface area contributed by atoms with Crippen molar-refractivity contribution in [1.29, 1.82) is 0 Å². The van der Waals surface area contributed by atoms with Gasteiger partial charge in [0.2, 0.25) is 0 Å². The molecule has 0 aliphatic heterocycles. The summed E-state index contributed by atoms with van der Waals surface area (Å²) in [5, 5.41) is 3.07. The maximum atomic E-state index is 13.3. The first-order chi connectivity index (χ1) is 7.63. The van der Waals surface area contributed by atoms with Gasteiger partial charge < -0.3 is 5.32 Å². The predicted octanol–water partition coefficient (Wildman–Crippen LogP) is 2.70. The van der Waals surface area contributed by atoms with Crippen molar-refractivity contribution in [2.24, 2.45) is 0 Å². The highest BCUT2D eigenvalue weighted by molar-refractivity contribution is 9.10. The van der Waals surface area contributed by atoms with Crippen molar-refractivity contribution >= 4 is 21.7 Å². The molecular weight excluding hydrogens is 273 g/mol. The molecule has 88 valence electrons. The monoisotopic (exact) mass is 287 g/mol. The number of hydrogen-bond donors (Lipinski definition) is 1. The third-order valence-corrected chi connectivity index (χ3v) is 2.72. The molecule has 0 aliphatic rings. The molecule has 16 heavy (non-hydrogen) atoms. The number of carbonyl (C=O) groups is 1. The Morgan fingerprint density at radius 2 is 2.25 bits per heavy atom. The fourth-order valence-electron chi connectivity index (χ4n) is 1.38. The Balaban J connectivity index is 2.52. The second kappa shape index (κ2) is 6.76. The summed E-state index contributed by atoms with van der Waals surface area (Å²) in [5.74, 6) is -0.266. The molecule has 1 aromatic rings. The zero-order valence-corrected chi connectivity index (χ0v) is 10.8. The van der Waals surface area contributed by atoms with Gasteiger partial charge in [-0.25, -0.2) is 4.39 Å². The lowest BCUT2D eigenvalue weighted by Crippen LogP contribution is -2.18. The zero-order chi connectivity index (χ0) is 12.0. The van der Waals surface area contributed by atoms with Gasteiger partial charge in [0.15, 0.2) is 0 Å². The third-order valence-electron chi connectivity index (χ3n) is 2.23. The first kappa shape index (κ1) is 13.3. The average molecular weight is 288 g/mol. The van der Waals surface area contributed by atoms with Gasteiger partial charge in [0.05, 0.1) is 0 Å². The van der Waals surface area contributed by atoms with Crippen molar-refractivity contribution in [2.75, 3.05) is 13.1 Å². The fraction of sp³-hybridized carbons (Fsp3) is 0.417. The molecule has 1 N–H and O–H groups in total. The Hall–Kier alpha value is -0.740. The van der Waals surface area contributed by atoms with Crippen molar-refractivity contribution in [1.82, 2.24) is 5.32 Å². The van der Waals surface area contributed by atoms with Gasteiger partial charge in [-0.3, -0.25) is 4.79 Å². The minimum Gasteiger partial charge on any atom is -0.317 e. The highest BCUT2D eigenvalue weighted by Crippen LogP contribution is 2.16. The second-order valence-electron chi connectivity index (χ2n) is 3.55. The normalized spacial score (nSPS) is 10.4. The third kappa shape index (κ3) is 4.41. The van der Waals surface area contributed by atoms with Gasteiger partial charge >= 0.3 is 0 Å². The van der Waals surface area contributed by atoms with Crippen LogP contribution in [0.2, 0.25) is 0 Å². The summed E-state index contributed by atoms with van der Waals surface area (Å²) < 4.78 is 14.1. The van der Waals surface area contributed by atoms with Crippen LogP contribution in [-0.2, 0) is 11.2 Å². The fourth-order valence-corrected chi connectivity index (χ4v) is 1.79. The quantitative estimate of drug-likeness (QED) is 0.815. The Labute approximate surface area is 103 Å². The minimum absolute atomic E-state index is 0.0537. The summed E-state index contributed by atoms with van der Waals surface area (Å²) in [6.07, 6.45) is 0.608. The molecule has 0 spiro atoms. The molecule has 0 fully saturated rings. The van der Waals surface area contributed by atoms with E-state index >= 15 is 0 Å². The molecule has 0 heterocycles. The molecule has 4 heteroatoms. The number of ketones is 1. The maximum Gasteiger partial charge on any atom is 0.138 e. The van der Waals surface area contributed by atoms with Gasteiger partial charge in [-0.15, -0.1) is 0 Å². The lowest BCUT2D eigenvalue weighted by atomic mass is 10.1. The smallest absolute Gasteiger partial charge is 0.138 e. The first-order valence-corrected chi connectivity index (χ1v) is 6.09. The largest absolute Gasteiger partial charge is 0.317 e. The molecular formula is C12H15BrFNO. The van der Waals surface area contributed by atoms with E-state index in [9.17, 15) is 9.18 Å². The van der Waals surface area contributed by atoms with E-state index < -0.39 is 0 Å². The molecule has 0 saturated heterocycles. The van der Waals surface area contributed by atoms with Crippen LogP contribution in [0.1, 0.15) is 18.9 Å². The Kier molecular flexibility index (Phi) is 5.63. The van der Waals surface area contributed by atoms with E-state index in [1.807, 2.05) is 6.92 Å². The number of halogens is 2. The summed E-state index contributed by atoms with van der Waals surface area (Å²) >= 11 is 3.26. The van der Waals surface area contributed by atoms with Crippen LogP contribution in [0.3, 0.4) is 0 Å². The summed E-state index contributed by atoms with van der Waals surface area (Å²) in [5.41, 5.74) is 0.455. The standard InChI is InChI=1S/C12H15BrFNO/c1-2-15-6-5-11(16)8-9-7-10(13)3-4-12(9)14/h3-4,7,15H,2,5-6,8H2,1H3. The van der Waals surface area contributed by atoms with Gasteiger partial charge in [-0.05, 0) is 30.3 Å². The van der Waals surface area contributed by atoms with Gasteiger partial charge in [0.25, 0.3) is 0 Å². The number of Topliss-reactive ketones (excluding diaryl/α,β-unsaturated/α-hetero) is 1. The second-order valence-corrected chi connectivity index (χ2v) is 4.47. The summed E-state index contributed by atoms with van der Waals surface area (Å²) in [4.78, 5) is 11.5. The van der Waals surface area contributed by atoms with Gasteiger partial charge in [0, 0.05) is 23.9 Å². The molecule has 0 unspecified atom stereocenters. The van der Waals surface area contributed by atoms with Gasteiger partial charge in [-0.2, -0.15) is 0 Å². The van der Waals surface area contributed by atoms with Crippen LogP contribution in [0.15, 0.2) is 22.7 Å². The molecule has 2 nitrogen and oxygen atoms in total. The average Bonchev–Trinajstić information content (AvgIpc) is 2.24. The highest BCUT2D eigenvalue weighted by Gasteiger charge is 2.08. The number of benzene rings is 1. The van der Waals surface area contributed by atoms with E-state index in [2.05, 4.69) is 21.2 Å². The van der Waals surface area contributed by atoms with Gasteiger partial charge in [0.1, 0.15) is 11.6 Å². The molecule has 0 radical (unpaired) electrons. The molecule has 0 aromatic heterocycles. The van der Waals surface area contributed by atoms with Crippen LogP contribution in [0, 0.1) is 5.82 Å². The lowest BCUT2D eigenvalue weighted by Gasteiger charge is -2.04. The van der Waals surface area contributed by atoms with Crippen LogP contribution < -0.4 is 5.32 Å². The van der Waals surface area contributed by atoms with E-state index in [4.69, 9.17) is 0 Å². The van der Waals surface area contributed by atoms with Crippen molar-refractivity contribution < 1.29 is 9.18 Å². The summed E-state index contributed by atoms with van der Waals surface area (Å²) in [6.45, 7) is 3.49. The molecule has 0 saturated carbocycles. The number of carbonyl (C=O) groups excluding carboxylic acids is 1. The Morgan fingerprint density at radius 1 is 1.50 bits per heavy atom. The van der Waals surface area contributed by atoms with Crippen molar-refractivity contribution in [3.8, 4) is 0 Å². The minimum atomic E-state index is -0.319. The van der Waals surface area contributed by atoms with Crippen LogP contribution in [0.5, 0.6) is 0 Å². The number of rotatable bonds is 6. The predicted molar refractivity (Wildman–Crippen MR) is 66.0 cm³/mol. The van der Waals surface area contributed by atoms with Crippen LogP contribution in [0.25, 0.3) is 0 Å². The SMILES string of the molecule is CCNCCC(=O)Cc1cc(Br)ccc1F. The van der Waals surface area contributed by atoms with Crippen LogP contribution >= 0.6 is 15.9 Å².